The molecule has 5 rings (SSSR count). The summed E-state index contributed by atoms with van der Waals surface area (Å²) in [5.41, 5.74) is -1.59. The van der Waals surface area contributed by atoms with Gasteiger partial charge in [-0.1, -0.05) is 0 Å². The van der Waals surface area contributed by atoms with Crippen LogP contribution in [0, 0.1) is 5.82 Å². The normalized spacial score (nSPS) is 10.7. The highest BCUT2D eigenvalue weighted by atomic mass is 19.1. The summed E-state index contributed by atoms with van der Waals surface area (Å²) in [4.78, 5) is 42.6. The van der Waals surface area contributed by atoms with Crippen molar-refractivity contribution in [3.05, 3.63) is 99.2 Å². The van der Waals surface area contributed by atoms with Crippen molar-refractivity contribution in [2.45, 2.75) is 0 Å². The number of hydrogen-bond donors (Lipinski definition) is 2. The zero-order valence-corrected chi connectivity index (χ0v) is 21.9. The van der Waals surface area contributed by atoms with Gasteiger partial charge in [-0.2, -0.15) is 5.10 Å². The Kier molecular flexibility index (Phi) is 7.33. The number of halogens is 1. The Bertz CT molecular complexity index is 1890. The van der Waals surface area contributed by atoms with E-state index < -0.39 is 28.7 Å². The molecule has 0 unspecified atom stereocenters. The molecule has 12 nitrogen and oxygen atoms in total. The van der Waals surface area contributed by atoms with Gasteiger partial charge in [-0.05, 0) is 48.5 Å². The number of aromatic amines is 1. The first-order valence-corrected chi connectivity index (χ1v) is 12.0. The fourth-order valence-electron chi connectivity index (χ4n) is 4.06. The minimum Gasteiger partial charge on any atom is -0.494 e. The minimum absolute atomic E-state index is 0.0629. The summed E-state index contributed by atoms with van der Waals surface area (Å²) in [6.07, 6.45) is 1.59. The van der Waals surface area contributed by atoms with Crippen LogP contribution >= 0.6 is 0 Å². The molecule has 1 amide bonds. The summed E-state index contributed by atoms with van der Waals surface area (Å²) in [6, 6.07) is 14.4. The summed E-state index contributed by atoms with van der Waals surface area (Å²) in [6.45, 7) is 0. The molecule has 0 saturated carbocycles. The number of rotatable bonds is 8. The van der Waals surface area contributed by atoms with Gasteiger partial charge in [-0.15, -0.1) is 0 Å². The van der Waals surface area contributed by atoms with Crippen LogP contribution in [0.15, 0.2) is 76.4 Å². The van der Waals surface area contributed by atoms with Crippen molar-refractivity contribution in [2.24, 2.45) is 0 Å². The van der Waals surface area contributed by atoms with E-state index in [0.717, 1.165) is 12.1 Å². The zero-order valence-electron chi connectivity index (χ0n) is 21.9. The lowest BCUT2D eigenvalue weighted by molar-refractivity contribution is 0.101. The quantitative estimate of drug-likeness (QED) is 0.291. The van der Waals surface area contributed by atoms with Gasteiger partial charge in [0.25, 0.3) is 11.5 Å². The van der Waals surface area contributed by atoms with E-state index in [2.05, 4.69) is 20.5 Å². The predicted molar refractivity (Wildman–Crippen MR) is 146 cm³/mol. The third-order valence-electron chi connectivity index (χ3n) is 6.03. The van der Waals surface area contributed by atoms with Crippen molar-refractivity contribution in [2.75, 3.05) is 26.6 Å². The number of pyridine rings is 1. The molecule has 0 spiro atoms. The van der Waals surface area contributed by atoms with Gasteiger partial charge in [0.05, 0.1) is 38.2 Å². The molecule has 0 aliphatic rings. The van der Waals surface area contributed by atoms with Gasteiger partial charge in [0.1, 0.15) is 23.1 Å². The molecule has 0 bridgehead atoms. The molecule has 0 saturated heterocycles. The lowest BCUT2D eigenvalue weighted by Gasteiger charge is -2.14. The molecule has 13 heteroatoms. The van der Waals surface area contributed by atoms with Crippen LogP contribution in [0.5, 0.6) is 28.7 Å². The Morgan fingerprint density at radius 3 is 2.29 bits per heavy atom. The molecule has 208 valence electrons. The van der Waals surface area contributed by atoms with Crippen LogP contribution in [0.4, 0.5) is 10.1 Å². The number of ether oxygens (including phenoxy) is 4. The van der Waals surface area contributed by atoms with Crippen LogP contribution < -0.4 is 35.5 Å². The van der Waals surface area contributed by atoms with Gasteiger partial charge >= 0.3 is 5.69 Å². The topological polar surface area (TPSA) is 147 Å². The fraction of sp³-hybridized carbons (Fsp3) is 0.107. The van der Waals surface area contributed by atoms with Crippen molar-refractivity contribution in [1.82, 2.24) is 19.7 Å². The summed E-state index contributed by atoms with van der Waals surface area (Å²) in [5, 5.41) is 8.95. The van der Waals surface area contributed by atoms with Crippen LogP contribution in [0.25, 0.3) is 16.6 Å². The predicted octanol–water partition coefficient (Wildman–Crippen LogP) is 3.68. The van der Waals surface area contributed by atoms with E-state index in [-0.39, 0.29) is 17.1 Å². The second-order valence-electron chi connectivity index (χ2n) is 8.45. The Morgan fingerprint density at radius 2 is 1.59 bits per heavy atom. The van der Waals surface area contributed by atoms with E-state index in [1.807, 2.05) is 0 Å². The highest BCUT2D eigenvalue weighted by molar-refractivity contribution is 6.03. The third kappa shape index (κ3) is 5.28. The minimum atomic E-state index is -0.992. The Balaban J connectivity index is 1.43. The molecular weight excluding hydrogens is 537 g/mol. The number of H-pyrrole nitrogens is 1. The second kappa shape index (κ2) is 11.2. The van der Waals surface area contributed by atoms with E-state index in [1.54, 1.807) is 36.5 Å². The highest BCUT2D eigenvalue weighted by Crippen LogP contribution is 2.38. The van der Waals surface area contributed by atoms with Gasteiger partial charge < -0.3 is 24.3 Å². The van der Waals surface area contributed by atoms with Crippen molar-refractivity contribution >= 4 is 22.5 Å². The van der Waals surface area contributed by atoms with E-state index in [1.165, 1.54) is 39.5 Å². The average molecular weight is 560 g/mol. The number of anilines is 1. The van der Waals surface area contributed by atoms with E-state index >= 15 is 0 Å². The number of benzene rings is 3. The van der Waals surface area contributed by atoms with Crippen molar-refractivity contribution in [1.29, 1.82) is 0 Å². The van der Waals surface area contributed by atoms with Gasteiger partial charge in [0.2, 0.25) is 5.69 Å². The summed E-state index contributed by atoms with van der Waals surface area (Å²) in [5.74, 6) is 0.640. The number of amides is 1. The molecule has 0 atom stereocenters. The number of methoxy groups -OCH3 is 3. The number of nitrogens with zero attached hydrogens (tertiary/aromatic N) is 3. The van der Waals surface area contributed by atoms with Crippen LogP contribution in [0.1, 0.15) is 10.5 Å². The van der Waals surface area contributed by atoms with Crippen LogP contribution in [0.2, 0.25) is 0 Å². The first-order chi connectivity index (χ1) is 19.8. The third-order valence-corrected chi connectivity index (χ3v) is 6.03. The Morgan fingerprint density at radius 1 is 0.878 bits per heavy atom. The van der Waals surface area contributed by atoms with Crippen molar-refractivity contribution in [3.8, 4) is 34.4 Å². The summed E-state index contributed by atoms with van der Waals surface area (Å²) < 4.78 is 36.3. The van der Waals surface area contributed by atoms with Crippen LogP contribution in [0.3, 0.4) is 0 Å². The largest absolute Gasteiger partial charge is 0.494 e. The van der Waals surface area contributed by atoms with Crippen molar-refractivity contribution < 1.29 is 28.1 Å². The number of fused-ring (bicyclic) bond motifs is 1. The number of carbonyl (C=O) groups is 1. The average Bonchev–Trinajstić information content (AvgIpc) is 2.98. The van der Waals surface area contributed by atoms with E-state index in [9.17, 15) is 18.8 Å². The van der Waals surface area contributed by atoms with Gasteiger partial charge in [-0.3, -0.25) is 14.6 Å². The molecule has 0 aliphatic carbocycles. The maximum atomic E-state index is 13.3. The maximum Gasteiger partial charge on any atom is 0.349 e. The molecule has 5 aromatic rings. The summed E-state index contributed by atoms with van der Waals surface area (Å²) >= 11 is 0. The molecular formula is C28H22FN5O7. The maximum absolute atomic E-state index is 13.3. The van der Waals surface area contributed by atoms with Crippen LogP contribution in [-0.4, -0.2) is 47.0 Å². The molecule has 2 aromatic heterocycles. The SMILES string of the molecule is COc1cc(Oc2ccnc3cc(OC)c(OC)cc23)ccc1NC(=O)c1n[nH]c(=O)n(-c2ccc(F)cc2)c1=O. The lowest BCUT2D eigenvalue weighted by Crippen LogP contribution is -2.40. The molecule has 3 aromatic carbocycles. The number of carbonyl (C=O) groups excluding carboxylic acids is 1. The number of aromatic nitrogens is 4. The monoisotopic (exact) mass is 559 g/mol. The standard InChI is InChI=1S/C28H22FN5O7/c1-38-22-12-17(41-21-10-11-30-20-14-24(40-3)23(39-2)13-18(20)21)8-9-19(22)31-26(35)25-27(36)34(28(37)33-32-25)16-6-4-15(29)5-7-16/h4-14H,1-3H3,(H,31,35)(H,33,37). The zero-order chi connectivity index (χ0) is 29.1. The van der Waals surface area contributed by atoms with E-state index in [4.69, 9.17) is 18.9 Å². The number of nitrogens with one attached hydrogen (secondary N) is 2. The first kappa shape index (κ1) is 26.9. The molecule has 0 radical (unpaired) electrons. The van der Waals surface area contributed by atoms with Crippen molar-refractivity contribution in [3.63, 3.8) is 0 Å². The Hall–Kier alpha value is -5.72. The Labute approximate surface area is 230 Å². The lowest BCUT2D eigenvalue weighted by atomic mass is 10.1. The van der Waals surface area contributed by atoms with Gasteiger partial charge in [0.15, 0.2) is 11.5 Å². The highest BCUT2D eigenvalue weighted by Gasteiger charge is 2.20. The smallest absolute Gasteiger partial charge is 0.349 e. The van der Waals surface area contributed by atoms with Crippen LogP contribution in [-0.2, 0) is 0 Å². The first-order valence-electron chi connectivity index (χ1n) is 12.0. The van der Waals surface area contributed by atoms with Gasteiger partial charge in [0, 0.05) is 23.7 Å². The summed E-state index contributed by atoms with van der Waals surface area (Å²) in [7, 11) is 4.46. The second-order valence-corrected chi connectivity index (χ2v) is 8.45. The molecule has 0 fully saturated rings. The molecule has 41 heavy (non-hydrogen) atoms. The molecule has 2 heterocycles. The van der Waals surface area contributed by atoms with Gasteiger partial charge in [-0.25, -0.2) is 18.9 Å². The number of hydrogen-bond acceptors (Lipinski definition) is 9. The van der Waals surface area contributed by atoms with E-state index in [0.29, 0.717) is 38.5 Å². The molecule has 2 N–H and O–H groups in total. The molecule has 0 aliphatic heterocycles. The fourth-order valence-corrected chi connectivity index (χ4v) is 4.06.